The van der Waals surface area contributed by atoms with E-state index >= 15 is 0 Å². The van der Waals surface area contributed by atoms with Crippen LogP contribution in [-0.2, 0) is 4.79 Å². The predicted molar refractivity (Wildman–Crippen MR) is 76.0 cm³/mol. The third kappa shape index (κ3) is 2.98. The van der Waals surface area contributed by atoms with E-state index in [0.717, 1.165) is 27.2 Å². The highest BCUT2D eigenvalue weighted by Gasteiger charge is 2.15. The van der Waals surface area contributed by atoms with E-state index in [0.29, 0.717) is 0 Å². The number of thioether (sulfide) groups is 1. The maximum Gasteiger partial charge on any atom is 0.316 e. The summed E-state index contributed by atoms with van der Waals surface area (Å²) in [7, 11) is 1.61. The van der Waals surface area contributed by atoms with Crippen molar-refractivity contribution < 1.29 is 14.6 Å². The van der Waals surface area contributed by atoms with Crippen molar-refractivity contribution in [2.45, 2.75) is 24.0 Å². The van der Waals surface area contributed by atoms with Gasteiger partial charge in [0.1, 0.15) is 11.0 Å². The van der Waals surface area contributed by atoms with Gasteiger partial charge in [0.05, 0.1) is 12.6 Å². The fraction of sp³-hybridized carbons (Fsp3) is 0.286. The van der Waals surface area contributed by atoms with Crippen molar-refractivity contribution in [2.75, 3.05) is 7.11 Å². The van der Waals surface area contributed by atoms with Gasteiger partial charge in [-0.1, -0.05) is 0 Å². The molecule has 5 heteroatoms. The van der Waals surface area contributed by atoms with Gasteiger partial charge in [-0.25, -0.2) is 0 Å². The molecular weight excluding hydrogens is 262 g/mol. The first-order valence-corrected chi connectivity index (χ1v) is 6.74. The Bertz CT molecular complexity index is 627. The molecule has 1 atom stereocenters. The molecule has 0 aliphatic rings. The van der Waals surface area contributed by atoms with Gasteiger partial charge in [0.2, 0.25) is 0 Å². The molecule has 1 N–H and O–H groups in total. The van der Waals surface area contributed by atoms with Crippen molar-refractivity contribution in [1.82, 2.24) is 4.98 Å². The fourth-order valence-corrected chi connectivity index (χ4v) is 2.78. The first-order valence-electron chi connectivity index (χ1n) is 5.86. The number of methoxy groups -OCH3 is 1. The molecule has 1 aromatic heterocycles. The molecule has 0 spiro atoms. The van der Waals surface area contributed by atoms with Gasteiger partial charge < -0.3 is 9.84 Å². The number of hydrogen-bond donors (Lipinski definition) is 1. The third-order valence-corrected chi connectivity index (χ3v) is 3.90. The van der Waals surface area contributed by atoms with Crippen LogP contribution in [0.1, 0.15) is 12.6 Å². The molecule has 100 valence electrons. The quantitative estimate of drug-likeness (QED) is 0.870. The van der Waals surface area contributed by atoms with Crippen molar-refractivity contribution >= 4 is 28.6 Å². The summed E-state index contributed by atoms with van der Waals surface area (Å²) in [4.78, 5) is 16.3. The molecule has 0 aliphatic carbocycles. The molecule has 0 unspecified atom stereocenters. The topological polar surface area (TPSA) is 59.4 Å². The molecule has 1 heterocycles. The molecule has 0 bridgehead atoms. The Morgan fingerprint density at radius 1 is 1.42 bits per heavy atom. The Kier molecular flexibility index (Phi) is 3.95. The van der Waals surface area contributed by atoms with E-state index in [-0.39, 0.29) is 0 Å². The molecule has 1 aromatic carbocycles. The minimum Gasteiger partial charge on any atom is -0.497 e. The number of ether oxygens (including phenoxy) is 1. The maximum absolute atomic E-state index is 11.0. The van der Waals surface area contributed by atoms with Gasteiger partial charge in [-0.15, -0.1) is 11.8 Å². The van der Waals surface area contributed by atoms with Crippen LogP contribution in [0.2, 0.25) is 0 Å². The van der Waals surface area contributed by atoms with Crippen LogP contribution in [0.25, 0.3) is 10.9 Å². The second kappa shape index (κ2) is 5.48. The van der Waals surface area contributed by atoms with Gasteiger partial charge in [-0.2, -0.15) is 0 Å². The predicted octanol–water partition coefficient (Wildman–Crippen LogP) is 3.12. The molecule has 2 aromatic rings. The number of aromatic nitrogens is 1. The molecular formula is C14H15NO3S. The number of aliphatic carboxylic acids is 1. The van der Waals surface area contributed by atoms with Crippen molar-refractivity contribution in [3.05, 3.63) is 30.0 Å². The summed E-state index contributed by atoms with van der Waals surface area (Å²) in [6, 6.07) is 7.53. The highest BCUT2D eigenvalue weighted by atomic mass is 32.2. The molecule has 0 aliphatic heterocycles. The average molecular weight is 277 g/mol. The van der Waals surface area contributed by atoms with Gasteiger partial charge in [0.25, 0.3) is 0 Å². The van der Waals surface area contributed by atoms with Crippen LogP contribution in [0.15, 0.2) is 29.2 Å². The van der Waals surface area contributed by atoms with Gasteiger partial charge in [0.15, 0.2) is 0 Å². The van der Waals surface area contributed by atoms with Gasteiger partial charge >= 0.3 is 5.97 Å². The van der Waals surface area contributed by atoms with Crippen molar-refractivity contribution in [3.8, 4) is 5.75 Å². The summed E-state index contributed by atoms with van der Waals surface area (Å²) < 4.78 is 5.21. The van der Waals surface area contributed by atoms with Crippen LogP contribution in [0, 0.1) is 6.92 Å². The summed E-state index contributed by atoms with van der Waals surface area (Å²) >= 11 is 1.32. The smallest absolute Gasteiger partial charge is 0.316 e. The highest BCUT2D eigenvalue weighted by molar-refractivity contribution is 8.00. The number of hydrogen-bond acceptors (Lipinski definition) is 4. The largest absolute Gasteiger partial charge is 0.497 e. The van der Waals surface area contributed by atoms with E-state index in [9.17, 15) is 4.79 Å². The number of benzene rings is 1. The lowest BCUT2D eigenvalue weighted by Crippen LogP contribution is -2.11. The maximum atomic E-state index is 11.0. The fourth-order valence-electron chi connectivity index (χ4n) is 1.77. The lowest BCUT2D eigenvalue weighted by molar-refractivity contribution is -0.136. The standard InChI is InChI=1S/C14H15NO3S/c1-8-6-13(19-9(2)14(16)17)11-7-10(18-3)4-5-12(11)15-8/h4-7,9H,1-3H3,(H,16,17)/t9-/m0/s1. The molecule has 2 rings (SSSR count). The minimum absolute atomic E-state index is 0.504. The molecule has 0 fully saturated rings. The number of pyridine rings is 1. The number of carboxylic acid groups (broad SMARTS) is 1. The first kappa shape index (κ1) is 13.7. The molecule has 0 saturated carbocycles. The summed E-state index contributed by atoms with van der Waals surface area (Å²) in [6.07, 6.45) is 0. The lowest BCUT2D eigenvalue weighted by atomic mass is 10.2. The average Bonchev–Trinajstić information content (AvgIpc) is 2.38. The summed E-state index contributed by atoms with van der Waals surface area (Å²) in [5.41, 5.74) is 1.72. The summed E-state index contributed by atoms with van der Waals surface area (Å²) in [5.74, 6) is -0.0847. The lowest BCUT2D eigenvalue weighted by Gasteiger charge is -2.11. The SMILES string of the molecule is COc1ccc2nc(C)cc(S[C@@H](C)C(=O)O)c2c1. The van der Waals surface area contributed by atoms with Crippen LogP contribution >= 0.6 is 11.8 Å². The van der Waals surface area contributed by atoms with E-state index < -0.39 is 11.2 Å². The number of carbonyl (C=O) groups is 1. The normalized spacial score (nSPS) is 12.4. The Balaban J connectivity index is 2.53. The summed E-state index contributed by atoms with van der Waals surface area (Å²) in [6.45, 7) is 3.58. The Hall–Kier alpha value is -1.75. The second-order valence-corrected chi connectivity index (χ2v) is 5.63. The second-order valence-electron chi connectivity index (χ2n) is 4.24. The minimum atomic E-state index is -0.824. The third-order valence-electron chi connectivity index (χ3n) is 2.76. The Morgan fingerprint density at radius 2 is 2.16 bits per heavy atom. The number of rotatable bonds is 4. The molecule has 4 nitrogen and oxygen atoms in total. The van der Waals surface area contributed by atoms with Crippen molar-refractivity contribution in [3.63, 3.8) is 0 Å². The monoisotopic (exact) mass is 277 g/mol. The van der Waals surface area contributed by atoms with Gasteiger partial charge in [-0.05, 0) is 38.1 Å². The number of fused-ring (bicyclic) bond motifs is 1. The zero-order chi connectivity index (χ0) is 14.0. The van der Waals surface area contributed by atoms with E-state index in [4.69, 9.17) is 9.84 Å². The van der Waals surface area contributed by atoms with E-state index in [1.165, 1.54) is 11.8 Å². The molecule has 19 heavy (non-hydrogen) atoms. The van der Waals surface area contributed by atoms with Crippen LogP contribution < -0.4 is 4.74 Å². The van der Waals surface area contributed by atoms with E-state index in [1.54, 1.807) is 14.0 Å². The van der Waals surface area contributed by atoms with E-state index in [1.807, 2.05) is 31.2 Å². The number of carboxylic acids is 1. The highest BCUT2D eigenvalue weighted by Crippen LogP contribution is 2.32. The first-order chi connectivity index (χ1) is 9.01. The summed E-state index contributed by atoms with van der Waals surface area (Å²) in [5, 5.41) is 9.44. The van der Waals surface area contributed by atoms with E-state index in [2.05, 4.69) is 4.98 Å². The number of aryl methyl sites for hydroxylation is 1. The van der Waals surface area contributed by atoms with Crippen molar-refractivity contribution in [1.29, 1.82) is 0 Å². The van der Waals surface area contributed by atoms with Crippen LogP contribution in [0.3, 0.4) is 0 Å². The van der Waals surface area contributed by atoms with Crippen LogP contribution in [0.4, 0.5) is 0 Å². The zero-order valence-electron chi connectivity index (χ0n) is 11.0. The molecule has 0 radical (unpaired) electrons. The Labute approximate surface area is 115 Å². The van der Waals surface area contributed by atoms with Gasteiger partial charge in [-0.3, -0.25) is 9.78 Å². The van der Waals surface area contributed by atoms with Crippen LogP contribution in [-0.4, -0.2) is 28.4 Å². The zero-order valence-corrected chi connectivity index (χ0v) is 11.8. The molecule has 0 amide bonds. The van der Waals surface area contributed by atoms with Crippen molar-refractivity contribution in [2.24, 2.45) is 0 Å². The number of nitrogens with zero attached hydrogens (tertiary/aromatic N) is 1. The van der Waals surface area contributed by atoms with Crippen LogP contribution in [0.5, 0.6) is 5.75 Å². The Morgan fingerprint density at radius 3 is 2.79 bits per heavy atom. The molecule has 0 saturated heterocycles. The van der Waals surface area contributed by atoms with Gasteiger partial charge in [0, 0.05) is 16.0 Å².